The maximum Gasteiger partial charge on any atom is 0.338 e. The Hall–Kier alpha value is -2.39. The average Bonchev–Trinajstić information content (AvgIpc) is 3.06. The van der Waals surface area contributed by atoms with Gasteiger partial charge in [0.15, 0.2) is 4.80 Å². The summed E-state index contributed by atoms with van der Waals surface area (Å²) in [6.07, 6.45) is 1.54. The van der Waals surface area contributed by atoms with Gasteiger partial charge in [0.2, 0.25) is 0 Å². The number of nitrogens with zero attached hydrogens (tertiary/aromatic N) is 2. The Morgan fingerprint density at radius 2 is 2.03 bits per heavy atom. The minimum atomic E-state index is -0.809. The Morgan fingerprint density at radius 3 is 2.73 bits per heavy atom. The van der Waals surface area contributed by atoms with E-state index in [1.54, 1.807) is 56.3 Å². The van der Waals surface area contributed by atoms with Crippen LogP contribution in [-0.2, 0) is 9.53 Å². The van der Waals surface area contributed by atoms with Crippen LogP contribution >= 0.6 is 50.5 Å². The molecular weight excluding hydrogens is 551 g/mol. The van der Waals surface area contributed by atoms with E-state index < -0.39 is 12.0 Å². The topological polar surface area (TPSA) is 80.9 Å². The number of phenolic OH excluding ortho intramolecular Hbond substituents is 1. The van der Waals surface area contributed by atoms with E-state index in [1.165, 1.54) is 4.57 Å². The Morgan fingerprint density at radius 1 is 1.30 bits per heavy atom. The zero-order valence-electron chi connectivity index (χ0n) is 17.4. The Balaban J connectivity index is 2.01. The standard InChI is InChI=1S/C23H17BrCl2N2O4S/c1-3-32-22(31)18-11(2)27-23-28(19(18)14-6-4-5-7-15(14)25)21(30)17(33-23)9-12-8-13(24)10-16(26)20(12)29/h4-10,19,29H,3H2,1-2H3/b17-9-/t19-/m0/s1. The van der Waals surface area contributed by atoms with Crippen LogP contribution in [0.2, 0.25) is 10.0 Å². The molecule has 0 unspecified atom stereocenters. The minimum absolute atomic E-state index is 0.142. The van der Waals surface area contributed by atoms with Gasteiger partial charge < -0.3 is 9.84 Å². The van der Waals surface area contributed by atoms with E-state index in [0.717, 1.165) is 11.3 Å². The number of benzene rings is 2. The summed E-state index contributed by atoms with van der Waals surface area (Å²) in [5.74, 6) is -0.703. The third kappa shape index (κ3) is 4.40. The lowest BCUT2D eigenvalue weighted by Gasteiger charge is -2.25. The zero-order chi connectivity index (χ0) is 23.9. The van der Waals surface area contributed by atoms with Crippen molar-refractivity contribution in [2.45, 2.75) is 19.9 Å². The SMILES string of the molecule is CCOC(=O)C1=C(C)N=c2s/c(=C\c3cc(Br)cc(Cl)c3O)c(=O)n2[C@H]1c1ccccc1Cl. The molecule has 6 nitrogen and oxygen atoms in total. The van der Waals surface area contributed by atoms with Crippen molar-refractivity contribution in [3.05, 3.63) is 93.0 Å². The summed E-state index contributed by atoms with van der Waals surface area (Å²) in [6, 6.07) is 9.43. The minimum Gasteiger partial charge on any atom is -0.506 e. The molecule has 0 saturated heterocycles. The van der Waals surface area contributed by atoms with Gasteiger partial charge in [-0.15, -0.1) is 0 Å². The summed E-state index contributed by atoms with van der Waals surface area (Å²) in [7, 11) is 0. The Bertz CT molecular complexity index is 1490. The number of hydrogen-bond acceptors (Lipinski definition) is 6. The third-order valence-electron chi connectivity index (χ3n) is 5.06. The number of thiazole rings is 1. The summed E-state index contributed by atoms with van der Waals surface area (Å²) in [4.78, 5) is 31.4. The predicted molar refractivity (Wildman–Crippen MR) is 133 cm³/mol. The first-order chi connectivity index (χ1) is 15.7. The molecule has 1 aromatic heterocycles. The second-order valence-electron chi connectivity index (χ2n) is 7.15. The van der Waals surface area contributed by atoms with Gasteiger partial charge in [0.1, 0.15) is 11.8 Å². The number of phenols is 1. The highest BCUT2D eigenvalue weighted by Crippen LogP contribution is 2.35. The Kier molecular flexibility index (Phi) is 6.81. The molecule has 33 heavy (non-hydrogen) atoms. The summed E-state index contributed by atoms with van der Waals surface area (Å²) in [6.45, 7) is 3.59. The summed E-state index contributed by atoms with van der Waals surface area (Å²) >= 11 is 17.0. The van der Waals surface area contributed by atoms with E-state index in [1.807, 2.05) is 0 Å². The Labute approximate surface area is 211 Å². The second kappa shape index (κ2) is 9.46. The van der Waals surface area contributed by atoms with Crippen LogP contribution in [0.1, 0.15) is 31.0 Å². The zero-order valence-corrected chi connectivity index (χ0v) is 21.3. The monoisotopic (exact) mass is 566 g/mol. The first-order valence-electron chi connectivity index (χ1n) is 9.85. The number of rotatable bonds is 4. The van der Waals surface area contributed by atoms with Crippen molar-refractivity contribution >= 4 is 62.5 Å². The van der Waals surface area contributed by atoms with Gasteiger partial charge in [0, 0.05) is 15.1 Å². The van der Waals surface area contributed by atoms with E-state index in [2.05, 4.69) is 20.9 Å². The van der Waals surface area contributed by atoms with Crippen molar-refractivity contribution in [2.24, 2.45) is 4.99 Å². The predicted octanol–water partition coefficient (Wildman–Crippen LogP) is 4.57. The van der Waals surface area contributed by atoms with Crippen molar-refractivity contribution in [3.8, 4) is 5.75 Å². The van der Waals surface area contributed by atoms with Gasteiger partial charge in [-0.05, 0) is 43.7 Å². The van der Waals surface area contributed by atoms with Crippen LogP contribution in [0, 0.1) is 0 Å². The van der Waals surface area contributed by atoms with E-state index in [-0.39, 0.29) is 28.5 Å². The van der Waals surface area contributed by atoms with Gasteiger partial charge in [-0.3, -0.25) is 9.36 Å². The van der Waals surface area contributed by atoms with Crippen LogP contribution in [-0.4, -0.2) is 22.2 Å². The molecule has 1 aliphatic rings. The van der Waals surface area contributed by atoms with Crippen molar-refractivity contribution < 1.29 is 14.6 Å². The number of fused-ring (bicyclic) bond motifs is 1. The van der Waals surface area contributed by atoms with Crippen molar-refractivity contribution in [1.82, 2.24) is 4.57 Å². The number of halogens is 3. The lowest BCUT2D eigenvalue weighted by atomic mass is 9.96. The van der Waals surface area contributed by atoms with E-state index in [9.17, 15) is 14.7 Å². The molecule has 3 aromatic rings. The normalized spacial score (nSPS) is 15.9. The van der Waals surface area contributed by atoms with Crippen molar-refractivity contribution in [2.75, 3.05) is 6.61 Å². The summed E-state index contributed by atoms with van der Waals surface area (Å²) in [5, 5.41) is 10.9. The smallest absolute Gasteiger partial charge is 0.338 e. The molecular formula is C23H17BrCl2N2O4S. The molecule has 2 heterocycles. The van der Waals surface area contributed by atoms with E-state index in [0.29, 0.717) is 35.7 Å². The van der Waals surface area contributed by atoms with Gasteiger partial charge in [-0.1, -0.05) is 68.7 Å². The van der Waals surface area contributed by atoms with E-state index >= 15 is 0 Å². The summed E-state index contributed by atoms with van der Waals surface area (Å²) in [5.41, 5.74) is 1.26. The lowest BCUT2D eigenvalue weighted by molar-refractivity contribution is -0.139. The maximum absolute atomic E-state index is 13.6. The molecule has 0 bridgehead atoms. The van der Waals surface area contributed by atoms with Gasteiger partial charge in [-0.25, -0.2) is 9.79 Å². The number of carbonyl (C=O) groups excluding carboxylic acids is 1. The molecule has 170 valence electrons. The molecule has 0 amide bonds. The number of hydrogen-bond donors (Lipinski definition) is 1. The number of aromatic nitrogens is 1. The molecule has 0 fully saturated rings. The maximum atomic E-state index is 13.6. The lowest BCUT2D eigenvalue weighted by Crippen LogP contribution is -2.40. The van der Waals surface area contributed by atoms with Crippen LogP contribution in [0.15, 0.2) is 61.9 Å². The largest absolute Gasteiger partial charge is 0.506 e. The molecule has 1 aliphatic heterocycles. The molecule has 0 radical (unpaired) electrons. The fourth-order valence-corrected chi connectivity index (χ4v) is 5.73. The highest BCUT2D eigenvalue weighted by molar-refractivity contribution is 9.10. The number of ether oxygens (including phenoxy) is 1. The fourth-order valence-electron chi connectivity index (χ4n) is 3.62. The molecule has 0 spiro atoms. The highest BCUT2D eigenvalue weighted by atomic mass is 79.9. The molecule has 10 heteroatoms. The van der Waals surface area contributed by atoms with Gasteiger partial charge >= 0.3 is 5.97 Å². The highest BCUT2D eigenvalue weighted by Gasteiger charge is 2.34. The molecule has 0 aliphatic carbocycles. The summed E-state index contributed by atoms with van der Waals surface area (Å²) < 4.78 is 7.67. The number of allylic oxidation sites excluding steroid dienone is 1. The second-order valence-corrected chi connectivity index (χ2v) is 9.89. The quantitative estimate of drug-likeness (QED) is 0.468. The average molecular weight is 568 g/mol. The third-order valence-corrected chi connectivity index (χ3v) is 7.13. The molecule has 1 atom stereocenters. The van der Waals surface area contributed by atoms with Crippen LogP contribution in [0.3, 0.4) is 0 Å². The first kappa shape index (κ1) is 23.8. The van der Waals surface area contributed by atoms with Gasteiger partial charge in [0.05, 0.1) is 27.4 Å². The van der Waals surface area contributed by atoms with Crippen LogP contribution in [0.5, 0.6) is 5.75 Å². The number of esters is 1. The van der Waals surface area contributed by atoms with Crippen molar-refractivity contribution in [3.63, 3.8) is 0 Å². The molecule has 0 saturated carbocycles. The molecule has 2 aromatic carbocycles. The number of carbonyl (C=O) groups is 1. The molecule has 1 N–H and O–H groups in total. The van der Waals surface area contributed by atoms with E-state index in [4.69, 9.17) is 27.9 Å². The van der Waals surface area contributed by atoms with Crippen LogP contribution in [0.25, 0.3) is 6.08 Å². The van der Waals surface area contributed by atoms with Gasteiger partial charge in [0.25, 0.3) is 5.56 Å². The van der Waals surface area contributed by atoms with Crippen LogP contribution in [0.4, 0.5) is 0 Å². The molecule has 4 rings (SSSR count). The fraction of sp³-hybridized carbons (Fsp3) is 0.174. The van der Waals surface area contributed by atoms with Crippen molar-refractivity contribution in [1.29, 1.82) is 0 Å². The first-order valence-corrected chi connectivity index (χ1v) is 12.2. The van der Waals surface area contributed by atoms with Crippen LogP contribution < -0.4 is 14.9 Å². The van der Waals surface area contributed by atoms with Gasteiger partial charge in [-0.2, -0.15) is 0 Å². The number of aromatic hydroxyl groups is 1.